The van der Waals surface area contributed by atoms with Gasteiger partial charge < -0.3 is 14.4 Å². The van der Waals surface area contributed by atoms with Gasteiger partial charge in [0.2, 0.25) is 0 Å². The largest absolute Gasteiger partial charge is 0.493 e. The van der Waals surface area contributed by atoms with Gasteiger partial charge in [-0.05, 0) is 48.7 Å². The molecule has 2 aromatic rings. The Kier molecular flexibility index (Phi) is 7.04. The van der Waals surface area contributed by atoms with Crippen LogP contribution in [0.4, 0.5) is 0 Å². The Bertz CT molecular complexity index is 779. The summed E-state index contributed by atoms with van der Waals surface area (Å²) in [5, 5.41) is 8.88. The second kappa shape index (κ2) is 9.47. The summed E-state index contributed by atoms with van der Waals surface area (Å²) in [6.45, 7) is 5.09. The zero-order valence-corrected chi connectivity index (χ0v) is 15.5. The van der Waals surface area contributed by atoms with Crippen LogP contribution >= 0.6 is 0 Å². The van der Waals surface area contributed by atoms with E-state index in [2.05, 4.69) is 6.07 Å². The van der Waals surface area contributed by atoms with Gasteiger partial charge in [0.25, 0.3) is 5.91 Å². The van der Waals surface area contributed by atoms with Gasteiger partial charge in [-0.15, -0.1) is 0 Å². The van der Waals surface area contributed by atoms with Crippen LogP contribution < -0.4 is 9.47 Å². The molecule has 0 radical (unpaired) electrons. The van der Waals surface area contributed by atoms with Crippen LogP contribution in [0, 0.1) is 18.3 Å². The van der Waals surface area contributed by atoms with Gasteiger partial charge in [-0.25, -0.2) is 0 Å². The van der Waals surface area contributed by atoms with E-state index in [9.17, 15) is 4.79 Å². The minimum atomic E-state index is -0.0844. The van der Waals surface area contributed by atoms with Gasteiger partial charge >= 0.3 is 0 Å². The molecule has 26 heavy (non-hydrogen) atoms. The van der Waals surface area contributed by atoms with Gasteiger partial charge in [0, 0.05) is 13.1 Å². The molecular weight excluding hydrogens is 328 g/mol. The molecule has 0 bridgehead atoms. The molecule has 0 saturated carbocycles. The monoisotopic (exact) mass is 352 g/mol. The summed E-state index contributed by atoms with van der Waals surface area (Å²) in [6.07, 6.45) is 0.857. The SMILES string of the molecule is CCCN(Cc1ccc(C#N)cc1)C(=O)COc1ccc(C)cc1OC. The minimum Gasteiger partial charge on any atom is -0.493 e. The van der Waals surface area contributed by atoms with E-state index in [-0.39, 0.29) is 12.5 Å². The summed E-state index contributed by atoms with van der Waals surface area (Å²) in [4.78, 5) is 14.4. The fourth-order valence-electron chi connectivity index (χ4n) is 2.59. The van der Waals surface area contributed by atoms with Crippen LogP contribution in [0.2, 0.25) is 0 Å². The zero-order chi connectivity index (χ0) is 18.9. The number of carbonyl (C=O) groups is 1. The molecular formula is C21H24N2O3. The highest BCUT2D eigenvalue weighted by Gasteiger charge is 2.15. The molecule has 0 aliphatic rings. The smallest absolute Gasteiger partial charge is 0.260 e. The lowest BCUT2D eigenvalue weighted by molar-refractivity contribution is -0.134. The molecule has 0 aromatic heterocycles. The summed E-state index contributed by atoms with van der Waals surface area (Å²) in [7, 11) is 1.58. The standard InChI is InChI=1S/C21H24N2O3/c1-4-11-23(14-18-8-6-17(13-22)7-9-18)21(24)15-26-19-10-5-16(2)12-20(19)25-3/h5-10,12H,4,11,14-15H2,1-3H3. The molecule has 0 unspecified atom stereocenters. The van der Waals surface area contributed by atoms with E-state index in [0.717, 1.165) is 17.5 Å². The van der Waals surface area contributed by atoms with E-state index < -0.39 is 0 Å². The third kappa shape index (κ3) is 5.25. The Morgan fingerprint density at radius 3 is 2.50 bits per heavy atom. The van der Waals surface area contributed by atoms with Gasteiger partial charge in [-0.2, -0.15) is 5.26 Å². The van der Waals surface area contributed by atoms with Crippen LogP contribution in [0.1, 0.15) is 30.0 Å². The van der Waals surface area contributed by atoms with Gasteiger partial charge in [-0.1, -0.05) is 25.1 Å². The van der Waals surface area contributed by atoms with Crippen molar-refractivity contribution in [2.75, 3.05) is 20.3 Å². The van der Waals surface area contributed by atoms with Crippen molar-refractivity contribution in [3.63, 3.8) is 0 Å². The summed E-state index contributed by atoms with van der Waals surface area (Å²) in [5.74, 6) is 1.09. The fourth-order valence-corrected chi connectivity index (χ4v) is 2.59. The normalized spacial score (nSPS) is 10.1. The van der Waals surface area contributed by atoms with Crippen molar-refractivity contribution in [2.24, 2.45) is 0 Å². The molecule has 136 valence electrons. The molecule has 5 nitrogen and oxygen atoms in total. The molecule has 0 aliphatic heterocycles. The summed E-state index contributed by atoms with van der Waals surface area (Å²) < 4.78 is 11.0. The first-order valence-corrected chi connectivity index (χ1v) is 8.61. The van der Waals surface area contributed by atoms with Crippen molar-refractivity contribution in [3.8, 4) is 17.6 Å². The molecule has 0 N–H and O–H groups in total. The first-order chi connectivity index (χ1) is 12.6. The quantitative estimate of drug-likeness (QED) is 0.727. The van der Waals surface area contributed by atoms with Crippen LogP contribution in [-0.2, 0) is 11.3 Å². The predicted molar refractivity (Wildman–Crippen MR) is 100 cm³/mol. The van der Waals surface area contributed by atoms with Crippen LogP contribution in [0.25, 0.3) is 0 Å². The maximum Gasteiger partial charge on any atom is 0.260 e. The Labute approximate surface area is 154 Å². The highest BCUT2D eigenvalue weighted by Crippen LogP contribution is 2.27. The van der Waals surface area contributed by atoms with Crippen molar-refractivity contribution in [1.82, 2.24) is 4.90 Å². The first-order valence-electron chi connectivity index (χ1n) is 8.61. The average Bonchev–Trinajstić information content (AvgIpc) is 2.66. The number of amides is 1. The fraction of sp³-hybridized carbons (Fsp3) is 0.333. The van der Waals surface area contributed by atoms with E-state index in [1.54, 1.807) is 24.1 Å². The predicted octanol–water partition coefficient (Wildman–Crippen LogP) is 3.69. The van der Waals surface area contributed by atoms with Crippen LogP contribution in [0.5, 0.6) is 11.5 Å². The highest BCUT2D eigenvalue weighted by molar-refractivity contribution is 5.77. The number of carbonyl (C=O) groups excluding carboxylic acids is 1. The number of ether oxygens (including phenoxy) is 2. The Balaban J connectivity index is 2.02. The van der Waals surface area contributed by atoms with E-state index in [1.165, 1.54) is 0 Å². The molecule has 5 heteroatoms. The maximum atomic E-state index is 12.6. The topological polar surface area (TPSA) is 62.6 Å². The number of methoxy groups -OCH3 is 1. The third-order valence-electron chi connectivity index (χ3n) is 3.97. The highest BCUT2D eigenvalue weighted by atomic mass is 16.5. The molecule has 0 aliphatic carbocycles. The van der Waals surface area contributed by atoms with Crippen molar-refractivity contribution in [3.05, 3.63) is 59.2 Å². The first kappa shape index (κ1) is 19.3. The molecule has 0 fully saturated rings. The number of aryl methyl sites for hydroxylation is 1. The van der Waals surface area contributed by atoms with E-state index in [0.29, 0.717) is 30.2 Å². The minimum absolute atomic E-state index is 0.0459. The van der Waals surface area contributed by atoms with Gasteiger partial charge in [-0.3, -0.25) is 4.79 Å². The lowest BCUT2D eigenvalue weighted by atomic mass is 10.1. The molecule has 0 saturated heterocycles. The van der Waals surface area contributed by atoms with E-state index >= 15 is 0 Å². The average molecular weight is 352 g/mol. The second-order valence-corrected chi connectivity index (χ2v) is 6.07. The second-order valence-electron chi connectivity index (χ2n) is 6.07. The molecule has 2 aromatic carbocycles. The zero-order valence-electron chi connectivity index (χ0n) is 15.5. The number of nitrogens with zero attached hydrogens (tertiary/aromatic N) is 2. The van der Waals surface area contributed by atoms with Crippen molar-refractivity contribution in [1.29, 1.82) is 5.26 Å². The van der Waals surface area contributed by atoms with E-state index in [4.69, 9.17) is 14.7 Å². The molecule has 1 amide bonds. The molecule has 0 heterocycles. The summed E-state index contributed by atoms with van der Waals surface area (Å²) in [6, 6.07) is 15.0. The Morgan fingerprint density at radius 1 is 1.15 bits per heavy atom. The third-order valence-corrected chi connectivity index (χ3v) is 3.97. The number of hydrogen-bond acceptors (Lipinski definition) is 4. The number of nitriles is 1. The number of hydrogen-bond donors (Lipinski definition) is 0. The van der Waals surface area contributed by atoms with E-state index in [1.807, 2.05) is 44.2 Å². The van der Waals surface area contributed by atoms with Gasteiger partial charge in [0.1, 0.15) is 0 Å². The summed E-state index contributed by atoms with van der Waals surface area (Å²) >= 11 is 0. The molecule has 2 rings (SSSR count). The van der Waals surface area contributed by atoms with Crippen molar-refractivity contribution < 1.29 is 14.3 Å². The maximum absolute atomic E-state index is 12.6. The van der Waals surface area contributed by atoms with Crippen LogP contribution in [-0.4, -0.2) is 31.1 Å². The van der Waals surface area contributed by atoms with Crippen molar-refractivity contribution in [2.45, 2.75) is 26.8 Å². The Hall–Kier alpha value is -3.00. The lowest BCUT2D eigenvalue weighted by Crippen LogP contribution is -2.35. The molecule has 0 atom stereocenters. The van der Waals surface area contributed by atoms with Crippen LogP contribution in [0.3, 0.4) is 0 Å². The Morgan fingerprint density at radius 2 is 1.88 bits per heavy atom. The number of rotatable bonds is 8. The number of benzene rings is 2. The molecule has 0 spiro atoms. The van der Waals surface area contributed by atoms with Crippen molar-refractivity contribution >= 4 is 5.91 Å². The lowest BCUT2D eigenvalue weighted by Gasteiger charge is -2.22. The van der Waals surface area contributed by atoms with Gasteiger partial charge in [0.05, 0.1) is 18.7 Å². The summed E-state index contributed by atoms with van der Waals surface area (Å²) in [5.41, 5.74) is 2.66. The van der Waals surface area contributed by atoms with Crippen LogP contribution in [0.15, 0.2) is 42.5 Å². The van der Waals surface area contributed by atoms with Gasteiger partial charge in [0.15, 0.2) is 18.1 Å².